The first-order valence-corrected chi connectivity index (χ1v) is 8.91. The second-order valence-corrected chi connectivity index (χ2v) is 7.48. The maximum Gasteiger partial charge on any atom is 0.315 e. The molecule has 11 nitrogen and oxygen atoms in total. The summed E-state index contributed by atoms with van der Waals surface area (Å²) in [6.45, 7) is 6.62. The predicted molar refractivity (Wildman–Crippen MR) is 102 cm³/mol. The Bertz CT molecular complexity index is 974. The molecule has 3 heterocycles. The molecule has 29 heavy (non-hydrogen) atoms. The third kappa shape index (κ3) is 4.64. The SMILES string of the molecule is CC(=O)OC[C@@H]1N[C@H](c2c[nH]c3c(N=[N+]=[N-])ncnc23)[CH][C]1C(=O)OC(C)(C)C. The van der Waals surface area contributed by atoms with Gasteiger partial charge in [-0.1, -0.05) is 0 Å². The highest BCUT2D eigenvalue weighted by atomic mass is 16.6. The van der Waals surface area contributed by atoms with Crippen molar-refractivity contribution in [3.05, 3.63) is 40.9 Å². The molecule has 3 rings (SSSR count). The number of rotatable bonds is 5. The van der Waals surface area contributed by atoms with Gasteiger partial charge in [-0.15, -0.1) is 0 Å². The Labute approximate surface area is 166 Å². The van der Waals surface area contributed by atoms with E-state index in [4.69, 9.17) is 15.0 Å². The fourth-order valence-electron chi connectivity index (χ4n) is 3.02. The van der Waals surface area contributed by atoms with Crippen molar-refractivity contribution in [2.45, 2.75) is 45.4 Å². The van der Waals surface area contributed by atoms with Crippen molar-refractivity contribution in [1.82, 2.24) is 20.3 Å². The van der Waals surface area contributed by atoms with E-state index in [9.17, 15) is 9.59 Å². The molecule has 2 aromatic heterocycles. The minimum Gasteiger partial charge on any atom is -0.464 e. The summed E-state index contributed by atoms with van der Waals surface area (Å²) in [6, 6.07) is -0.942. The van der Waals surface area contributed by atoms with Gasteiger partial charge in [0.15, 0.2) is 5.82 Å². The molecule has 1 aliphatic heterocycles. The number of H-pyrrole nitrogens is 1. The molecule has 2 aromatic rings. The normalized spacial score (nSPS) is 19.7. The van der Waals surface area contributed by atoms with Crippen LogP contribution in [0.5, 0.6) is 0 Å². The standard InChI is InChI=1S/C18H21N7O4/c1-9(26)28-7-13-10(17(27)29-18(2,3)4)5-12(23-13)11-6-20-15-14(11)21-8-22-16(15)24-25-19/h5-6,8,12-13,20,23H,7H2,1-4H3/t12-,13-/m0/s1. The number of carbonyl (C=O) groups excluding carboxylic acids is 2. The van der Waals surface area contributed by atoms with E-state index in [-0.39, 0.29) is 12.4 Å². The molecule has 0 aliphatic carbocycles. The Morgan fingerprint density at radius 3 is 2.76 bits per heavy atom. The first-order valence-electron chi connectivity index (χ1n) is 8.91. The van der Waals surface area contributed by atoms with Crippen molar-refractivity contribution in [3.63, 3.8) is 0 Å². The zero-order valence-electron chi connectivity index (χ0n) is 16.5. The Balaban J connectivity index is 1.89. The number of aromatic nitrogens is 3. The Kier molecular flexibility index (Phi) is 5.71. The zero-order chi connectivity index (χ0) is 21.2. The van der Waals surface area contributed by atoms with Gasteiger partial charge in [0, 0.05) is 36.1 Å². The number of hydrogen-bond acceptors (Lipinski definition) is 8. The van der Waals surface area contributed by atoms with Crippen LogP contribution in [0.2, 0.25) is 0 Å². The average Bonchev–Trinajstić information content (AvgIpc) is 3.23. The molecule has 0 aromatic carbocycles. The lowest BCUT2D eigenvalue weighted by Crippen LogP contribution is -2.38. The van der Waals surface area contributed by atoms with Crippen LogP contribution in [0.1, 0.15) is 39.3 Å². The molecule has 152 valence electrons. The monoisotopic (exact) mass is 399 g/mol. The van der Waals surface area contributed by atoms with E-state index < -0.39 is 29.6 Å². The van der Waals surface area contributed by atoms with Crippen molar-refractivity contribution in [3.8, 4) is 0 Å². The molecule has 1 saturated heterocycles. The van der Waals surface area contributed by atoms with E-state index in [1.54, 1.807) is 33.4 Å². The third-order valence-corrected chi connectivity index (χ3v) is 4.14. The summed E-state index contributed by atoms with van der Waals surface area (Å²) in [5.41, 5.74) is 9.79. The van der Waals surface area contributed by atoms with E-state index in [0.29, 0.717) is 17.0 Å². The molecule has 0 spiro atoms. The molecule has 1 fully saturated rings. The van der Waals surface area contributed by atoms with Crippen molar-refractivity contribution in [2.24, 2.45) is 5.11 Å². The van der Waals surface area contributed by atoms with Crippen LogP contribution in [0, 0.1) is 12.3 Å². The van der Waals surface area contributed by atoms with E-state index in [2.05, 4.69) is 30.3 Å². The van der Waals surface area contributed by atoms with E-state index in [1.807, 2.05) is 0 Å². The summed E-state index contributed by atoms with van der Waals surface area (Å²) in [4.78, 5) is 37.9. The number of nitrogens with zero attached hydrogens (tertiary/aromatic N) is 5. The molecular formula is C18H21N7O4. The van der Waals surface area contributed by atoms with E-state index >= 15 is 0 Å². The van der Waals surface area contributed by atoms with Gasteiger partial charge in [0.2, 0.25) is 0 Å². The maximum atomic E-state index is 12.7. The van der Waals surface area contributed by atoms with Gasteiger partial charge >= 0.3 is 11.9 Å². The third-order valence-electron chi connectivity index (χ3n) is 4.14. The molecule has 0 unspecified atom stereocenters. The second-order valence-electron chi connectivity index (χ2n) is 7.48. The van der Waals surface area contributed by atoms with Gasteiger partial charge in [0.1, 0.15) is 24.5 Å². The molecule has 2 N–H and O–H groups in total. The fourth-order valence-corrected chi connectivity index (χ4v) is 3.02. The zero-order valence-corrected chi connectivity index (χ0v) is 16.5. The number of carbonyl (C=O) groups is 2. The average molecular weight is 399 g/mol. The van der Waals surface area contributed by atoms with Gasteiger partial charge in [-0.2, -0.15) is 0 Å². The lowest BCUT2D eigenvalue weighted by Gasteiger charge is -2.24. The van der Waals surface area contributed by atoms with Crippen molar-refractivity contribution < 1.29 is 19.1 Å². The largest absolute Gasteiger partial charge is 0.464 e. The van der Waals surface area contributed by atoms with Crippen LogP contribution in [-0.2, 0) is 19.1 Å². The molecule has 0 bridgehead atoms. The van der Waals surface area contributed by atoms with Crippen molar-refractivity contribution in [2.75, 3.05) is 6.61 Å². The molecule has 1 aliphatic rings. The highest BCUT2D eigenvalue weighted by Gasteiger charge is 2.43. The number of esters is 2. The number of azide groups is 1. The summed E-state index contributed by atoms with van der Waals surface area (Å²) < 4.78 is 10.6. The number of ether oxygens (including phenoxy) is 2. The number of fused-ring (bicyclic) bond motifs is 1. The Morgan fingerprint density at radius 1 is 1.34 bits per heavy atom. The maximum absolute atomic E-state index is 12.7. The summed E-state index contributed by atoms with van der Waals surface area (Å²) in [5, 5.41) is 6.81. The molecule has 0 amide bonds. The summed E-state index contributed by atoms with van der Waals surface area (Å²) in [6.07, 6.45) is 4.72. The van der Waals surface area contributed by atoms with Gasteiger partial charge in [0.25, 0.3) is 0 Å². The van der Waals surface area contributed by atoms with Crippen LogP contribution < -0.4 is 5.32 Å². The lowest BCUT2D eigenvalue weighted by atomic mass is 9.97. The van der Waals surface area contributed by atoms with Crippen LogP contribution >= 0.6 is 0 Å². The van der Waals surface area contributed by atoms with Gasteiger partial charge in [-0.25, -0.2) is 9.97 Å². The predicted octanol–water partition coefficient (Wildman–Crippen LogP) is 2.60. The molecular weight excluding hydrogens is 378 g/mol. The first-order chi connectivity index (χ1) is 13.7. The minimum atomic E-state index is -0.666. The smallest absolute Gasteiger partial charge is 0.315 e. The lowest BCUT2D eigenvalue weighted by molar-refractivity contribution is -0.153. The number of hydrogen-bond donors (Lipinski definition) is 2. The minimum absolute atomic E-state index is 0.0157. The number of aromatic amines is 1. The van der Waals surface area contributed by atoms with Crippen LogP contribution in [0.15, 0.2) is 17.6 Å². The van der Waals surface area contributed by atoms with Crippen LogP contribution in [0.25, 0.3) is 21.5 Å². The van der Waals surface area contributed by atoms with Gasteiger partial charge in [0.05, 0.1) is 17.1 Å². The van der Waals surface area contributed by atoms with Crippen molar-refractivity contribution >= 4 is 28.8 Å². The Morgan fingerprint density at radius 2 is 2.10 bits per heavy atom. The molecule has 11 heteroatoms. The summed E-state index contributed by atoms with van der Waals surface area (Å²) in [7, 11) is 0. The van der Waals surface area contributed by atoms with Gasteiger partial charge in [-0.3, -0.25) is 9.59 Å². The van der Waals surface area contributed by atoms with Crippen LogP contribution in [0.3, 0.4) is 0 Å². The van der Waals surface area contributed by atoms with Crippen molar-refractivity contribution in [1.29, 1.82) is 0 Å². The first kappa shape index (κ1) is 20.6. The van der Waals surface area contributed by atoms with Crippen LogP contribution in [-0.4, -0.2) is 45.1 Å². The summed E-state index contributed by atoms with van der Waals surface area (Å²) >= 11 is 0. The quantitative estimate of drug-likeness (QED) is 0.339. The summed E-state index contributed by atoms with van der Waals surface area (Å²) in [5.74, 6) is -0.397. The van der Waals surface area contributed by atoms with Crippen LogP contribution in [0.4, 0.5) is 5.82 Å². The highest BCUT2D eigenvalue weighted by Crippen LogP contribution is 2.37. The van der Waals surface area contributed by atoms with E-state index in [1.165, 1.54) is 13.3 Å². The second kappa shape index (κ2) is 8.06. The topological polar surface area (TPSA) is 155 Å². The van der Waals surface area contributed by atoms with E-state index in [0.717, 1.165) is 5.56 Å². The van der Waals surface area contributed by atoms with Gasteiger partial charge in [-0.05, 0) is 31.4 Å². The Hall–Kier alpha value is -3.17. The fraction of sp³-hybridized carbons (Fsp3) is 0.444. The van der Waals surface area contributed by atoms with Gasteiger partial charge < -0.3 is 19.8 Å². The molecule has 0 saturated carbocycles. The highest BCUT2D eigenvalue weighted by molar-refractivity contribution is 5.91. The number of nitrogens with one attached hydrogen (secondary N) is 2. The molecule has 2 atom stereocenters. The molecule has 2 radical (unpaired) electrons.